The number of benzene rings is 1. The smallest absolute Gasteiger partial charge is 0.318 e. The first kappa shape index (κ1) is 21.7. The monoisotopic (exact) mass is 359 g/mol. The molecule has 134 valence electrons. The summed E-state index contributed by atoms with van der Waals surface area (Å²) in [6, 6.07) is 3.37. The number of hydrogen-bond donors (Lipinski definition) is 1. The minimum absolute atomic E-state index is 0. The molecule has 0 atom stereocenters. The molecule has 0 fully saturated rings. The van der Waals surface area contributed by atoms with Gasteiger partial charge in [0.1, 0.15) is 6.61 Å². The SMILES string of the molecule is C.CC.COc1ccc(COc2ncc(F)c(N)n2)c(Cl)c1OC. The van der Waals surface area contributed by atoms with Gasteiger partial charge in [0, 0.05) is 5.56 Å². The first-order valence-electron chi connectivity index (χ1n) is 6.87. The molecule has 1 aromatic heterocycles. The fourth-order valence-electron chi connectivity index (χ4n) is 1.62. The molecule has 6 nitrogen and oxygen atoms in total. The van der Waals surface area contributed by atoms with Crippen LogP contribution in [0.3, 0.4) is 0 Å². The standard InChI is InChI=1S/C13H13ClFN3O3.C2H6.CH4/c1-19-9-4-3-7(10(14)11(9)20-2)6-21-13-17-5-8(15)12(16)18-13;1-2;/h3-5H,6H2,1-2H3,(H2,16,17,18);1-2H3;1H4. The maximum atomic E-state index is 13.0. The highest BCUT2D eigenvalue weighted by Crippen LogP contribution is 2.37. The summed E-state index contributed by atoms with van der Waals surface area (Å²) in [5, 5.41) is 0.354. The lowest BCUT2D eigenvalue weighted by molar-refractivity contribution is 0.278. The lowest BCUT2D eigenvalue weighted by Crippen LogP contribution is -2.04. The van der Waals surface area contributed by atoms with E-state index in [1.165, 1.54) is 14.2 Å². The fraction of sp³-hybridized carbons (Fsp3) is 0.375. The second-order valence-corrected chi connectivity index (χ2v) is 4.33. The minimum Gasteiger partial charge on any atom is -0.493 e. The Kier molecular flexibility index (Phi) is 9.49. The van der Waals surface area contributed by atoms with E-state index in [1.807, 2.05) is 13.8 Å². The maximum absolute atomic E-state index is 13.0. The molecule has 2 N–H and O–H groups in total. The molecule has 0 unspecified atom stereocenters. The van der Waals surface area contributed by atoms with Gasteiger partial charge >= 0.3 is 6.01 Å². The lowest BCUT2D eigenvalue weighted by Gasteiger charge is -2.13. The number of anilines is 1. The molecule has 0 aliphatic heterocycles. The first-order valence-corrected chi connectivity index (χ1v) is 7.24. The van der Waals surface area contributed by atoms with Crippen LogP contribution in [0.5, 0.6) is 17.5 Å². The number of nitrogen functional groups attached to an aromatic ring is 1. The van der Waals surface area contributed by atoms with Crippen LogP contribution < -0.4 is 19.9 Å². The predicted octanol–water partition coefficient (Wildman–Crippen LogP) is 4.11. The van der Waals surface area contributed by atoms with Gasteiger partial charge in [0.05, 0.1) is 25.4 Å². The number of aromatic nitrogens is 2. The van der Waals surface area contributed by atoms with Gasteiger partial charge in [-0.3, -0.25) is 0 Å². The Morgan fingerprint density at radius 3 is 2.42 bits per heavy atom. The molecule has 0 aliphatic carbocycles. The molecule has 1 heterocycles. The van der Waals surface area contributed by atoms with Crippen molar-refractivity contribution >= 4 is 17.4 Å². The van der Waals surface area contributed by atoms with Crippen LogP contribution in [0.25, 0.3) is 0 Å². The highest BCUT2D eigenvalue weighted by Gasteiger charge is 2.14. The number of nitrogens with zero attached hydrogens (tertiary/aromatic N) is 2. The molecule has 2 rings (SSSR count). The molecule has 1 aromatic carbocycles. The van der Waals surface area contributed by atoms with Crippen molar-refractivity contribution in [1.82, 2.24) is 9.97 Å². The third-order valence-corrected chi connectivity index (χ3v) is 3.09. The molecule has 2 aromatic rings. The van der Waals surface area contributed by atoms with Gasteiger partial charge in [-0.15, -0.1) is 0 Å². The molecule has 0 bridgehead atoms. The van der Waals surface area contributed by atoms with Crippen molar-refractivity contribution in [3.8, 4) is 17.5 Å². The van der Waals surface area contributed by atoms with E-state index in [2.05, 4.69) is 9.97 Å². The molecule has 0 saturated heterocycles. The third-order valence-electron chi connectivity index (χ3n) is 2.67. The van der Waals surface area contributed by atoms with Gasteiger partial charge in [-0.05, 0) is 6.07 Å². The molecular formula is C16H23ClFN3O3. The van der Waals surface area contributed by atoms with Crippen molar-refractivity contribution in [2.24, 2.45) is 0 Å². The summed E-state index contributed by atoms with van der Waals surface area (Å²) < 4.78 is 28.6. The Morgan fingerprint density at radius 2 is 1.88 bits per heavy atom. The minimum atomic E-state index is -0.702. The van der Waals surface area contributed by atoms with E-state index in [0.29, 0.717) is 22.1 Å². The molecule has 0 aliphatic rings. The van der Waals surface area contributed by atoms with Crippen LogP contribution in [0.4, 0.5) is 10.2 Å². The van der Waals surface area contributed by atoms with Gasteiger partial charge in [-0.2, -0.15) is 4.98 Å². The van der Waals surface area contributed by atoms with Gasteiger partial charge in [0.2, 0.25) is 0 Å². The highest BCUT2D eigenvalue weighted by molar-refractivity contribution is 6.33. The van der Waals surface area contributed by atoms with Gasteiger partial charge in [-0.1, -0.05) is 38.9 Å². The maximum Gasteiger partial charge on any atom is 0.318 e. The number of hydrogen-bond acceptors (Lipinski definition) is 6. The van der Waals surface area contributed by atoms with E-state index < -0.39 is 5.82 Å². The Hall–Kier alpha value is -2.28. The number of nitrogens with two attached hydrogens (primary N) is 1. The zero-order valence-electron chi connectivity index (χ0n) is 13.4. The summed E-state index contributed by atoms with van der Waals surface area (Å²) in [7, 11) is 3.00. The van der Waals surface area contributed by atoms with Crippen LogP contribution >= 0.6 is 11.6 Å². The van der Waals surface area contributed by atoms with Crippen LogP contribution in [0.1, 0.15) is 26.8 Å². The summed E-state index contributed by atoms with van der Waals surface area (Å²) >= 11 is 6.21. The second kappa shape index (κ2) is 10.5. The normalized spacial score (nSPS) is 9.25. The topological polar surface area (TPSA) is 79.5 Å². The van der Waals surface area contributed by atoms with E-state index >= 15 is 0 Å². The molecule has 8 heteroatoms. The summed E-state index contributed by atoms with van der Waals surface area (Å²) in [6.45, 7) is 4.07. The Bertz CT molecular complexity index is 657. The predicted molar refractivity (Wildman–Crippen MR) is 93.4 cm³/mol. The van der Waals surface area contributed by atoms with E-state index in [1.54, 1.807) is 12.1 Å². The van der Waals surface area contributed by atoms with E-state index in [4.69, 9.17) is 31.5 Å². The van der Waals surface area contributed by atoms with Gasteiger partial charge in [-0.25, -0.2) is 9.37 Å². The van der Waals surface area contributed by atoms with Gasteiger partial charge in [0.15, 0.2) is 23.1 Å². The number of halogens is 2. The molecule has 0 radical (unpaired) electrons. The summed E-state index contributed by atoms with van der Waals surface area (Å²) in [6.07, 6.45) is 0.938. The quantitative estimate of drug-likeness (QED) is 0.865. The van der Waals surface area contributed by atoms with Gasteiger partial charge in [0.25, 0.3) is 0 Å². The highest BCUT2D eigenvalue weighted by atomic mass is 35.5. The number of rotatable bonds is 5. The van der Waals surface area contributed by atoms with Crippen molar-refractivity contribution in [3.63, 3.8) is 0 Å². The zero-order valence-corrected chi connectivity index (χ0v) is 14.1. The molecule has 24 heavy (non-hydrogen) atoms. The second-order valence-electron chi connectivity index (χ2n) is 3.95. The lowest BCUT2D eigenvalue weighted by atomic mass is 10.2. The number of methoxy groups -OCH3 is 2. The van der Waals surface area contributed by atoms with Gasteiger partial charge < -0.3 is 19.9 Å². The van der Waals surface area contributed by atoms with Crippen LogP contribution in [0.2, 0.25) is 5.02 Å². The largest absolute Gasteiger partial charge is 0.493 e. The van der Waals surface area contributed by atoms with Crippen molar-refractivity contribution in [3.05, 3.63) is 34.7 Å². The Balaban J connectivity index is 0.00000170. The zero-order chi connectivity index (χ0) is 17.4. The molecule has 0 spiro atoms. The van der Waals surface area contributed by atoms with Crippen LogP contribution in [-0.4, -0.2) is 24.2 Å². The first-order chi connectivity index (χ1) is 11.1. The van der Waals surface area contributed by atoms with E-state index in [9.17, 15) is 4.39 Å². The average molecular weight is 360 g/mol. The van der Waals surface area contributed by atoms with Crippen LogP contribution in [0.15, 0.2) is 18.3 Å². The summed E-state index contributed by atoms with van der Waals surface area (Å²) in [5.41, 5.74) is 5.97. The van der Waals surface area contributed by atoms with Crippen molar-refractivity contribution < 1.29 is 18.6 Å². The fourth-order valence-corrected chi connectivity index (χ4v) is 1.90. The molecule has 0 saturated carbocycles. The Morgan fingerprint density at radius 1 is 1.21 bits per heavy atom. The third kappa shape index (κ3) is 5.13. The summed E-state index contributed by atoms with van der Waals surface area (Å²) in [5.74, 6) is -0.0711. The van der Waals surface area contributed by atoms with E-state index in [-0.39, 0.29) is 25.9 Å². The van der Waals surface area contributed by atoms with E-state index in [0.717, 1.165) is 6.20 Å². The summed E-state index contributed by atoms with van der Waals surface area (Å²) in [4.78, 5) is 7.34. The molecule has 0 amide bonds. The number of ether oxygens (including phenoxy) is 3. The van der Waals surface area contributed by atoms with Crippen molar-refractivity contribution in [2.75, 3.05) is 20.0 Å². The van der Waals surface area contributed by atoms with Crippen LogP contribution in [-0.2, 0) is 6.61 Å². The Labute approximate surface area is 146 Å². The van der Waals surface area contributed by atoms with Crippen molar-refractivity contribution in [2.45, 2.75) is 27.9 Å². The average Bonchev–Trinajstić information content (AvgIpc) is 2.58. The van der Waals surface area contributed by atoms with Crippen molar-refractivity contribution in [1.29, 1.82) is 0 Å². The van der Waals surface area contributed by atoms with Crippen LogP contribution in [0, 0.1) is 5.82 Å². The molecular weight excluding hydrogens is 337 g/mol.